The van der Waals surface area contributed by atoms with Gasteiger partial charge in [0.2, 0.25) is 0 Å². The first-order valence-corrected chi connectivity index (χ1v) is 13.6. The van der Waals surface area contributed by atoms with E-state index in [1.807, 2.05) is 93.6 Å². The highest BCUT2D eigenvalue weighted by Crippen LogP contribution is 2.29. The van der Waals surface area contributed by atoms with Crippen molar-refractivity contribution in [2.45, 2.75) is 20.8 Å². The molecule has 0 aliphatic carbocycles. The van der Waals surface area contributed by atoms with Gasteiger partial charge in [-0.3, -0.25) is 9.59 Å². The largest absolute Gasteiger partial charge is 0.497 e. The Balaban J connectivity index is 0.000000952. The van der Waals surface area contributed by atoms with Gasteiger partial charge < -0.3 is 15.4 Å². The van der Waals surface area contributed by atoms with Crippen LogP contribution in [0.15, 0.2) is 121 Å². The molecule has 0 atom stereocenters. The van der Waals surface area contributed by atoms with Crippen molar-refractivity contribution in [1.82, 2.24) is 9.78 Å². The van der Waals surface area contributed by atoms with Crippen LogP contribution >= 0.6 is 0 Å². The van der Waals surface area contributed by atoms with Crippen molar-refractivity contribution in [3.05, 3.63) is 138 Å². The summed E-state index contributed by atoms with van der Waals surface area (Å²) in [5, 5.41) is 10.7. The number of benzene rings is 4. The average Bonchev–Trinajstić information content (AvgIpc) is 3.43. The number of aryl methyl sites for hydroxylation is 1. The minimum Gasteiger partial charge on any atom is -0.497 e. The molecule has 0 aliphatic rings. The van der Waals surface area contributed by atoms with Crippen molar-refractivity contribution in [2.24, 2.45) is 0 Å². The van der Waals surface area contributed by atoms with Crippen molar-refractivity contribution in [2.75, 3.05) is 17.7 Å². The van der Waals surface area contributed by atoms with Gasteiger partial charge >= 0.3 is 0 Å². The minimum atomic E-state index is -0.276. The number of nitrogens with one attached hydrogen (secondary N) is 2. The predicted molar refractivity (Wildman–Crippen MR) is 170 cm³/mol. The Hall–Kier alpha value is -5.43. The number of amides is 2. The second kappa shape index (κ2) is 14.3. The third-order valence-electron chi connectivity index (χ3n) is 6.41. The van der Waals surface area contributed by atoms with E-state index in [4.69, 9.17) is 9.84 Å². The zero-order chi connectivity index (χ0) is 29.9. The van der Waals surface area contributed by atoms with E-state index in [0.29, 0.717) is 33.9 Å². The van der Waals surface area contributed by atoms with Crippen LogP contribution in [0, 0.1) is 6.92 Å². The Bertz CT molecular complexity index is 1650. The molecule has 1 aromatic heterocycles. The van der Waals surface area contributed by atoms with E-state index in [-0.39, 0.29) is 11.8 Å². The van der Waals surface area contributed by atoms with Crippen LogP contribution in [0.1, 0.15) is 40.3 Å². The summed E-state index contributed by atoms with van der Waals surface area (Å²) in [4.78, 5) is 26.0. The Kier molecular flexibility index (Phi) is 10.0. The van der Waals surface area contributed by atoms with Gasteiger partial charge in [-0.15, -0.1) is 0 Å². The number of ether oxygens (including phenoxy) is 1. The second-order valence-corrected chi connectivity index (χ2v) is 9.35. The molecule has 2 N–H and O–H groups in total. The monoisotopic (exact) mass is 558 g/mol. The van der Waals surface area contributed by atoms with E-state index < -0.39 is 0 Å². The van der Waals surface area contributed by atoms with E-state index in [9.17, 15) is 9.59 Å². The number of carbonyl (C=O) groups excluding carboxylic acids is 2. The summed E-state index contributed by atoms with van der Waals surface area (Å²) in [5.74, 6) is 0.127. The molecule has 0 fully saturated rings. The number of anilines is 2. The van der Waals surface area contributed by atoms with Crippen LogP contribution < -0.4 is 15.4 Å². The molecule has 42 heavy (non-hydrogen) atoms. The van der Waals surface area contributed by atoms with Crippen molar-refractivity contribution in [3.8, 4) is 22.7 Å². The molecule has 5 aromatic rings. The number of nitrogens with zero attached hydrogens (tertiary/aromatic N) is 2. The summed E-state index contributed by atoms with van der Waals surface area (Å²) >= 11 is 0. The highest BCUT2D eigenvalue weighted by atomic mass is 16.5. The zero-order valence-corrected chi connectivity index (χ0v) is 24.2. The lowest BCUT2D eigenvalue weighted by Crippen LogP contribution is -2.16. The van der Waals surface area contributed by atoms with Gasteiger partial charge in [0.1, 0.15) is 5.75 Å². The maximum atomic E-state index is 13.1. The molecule has 0 saturated heterocycles. The number of hydrogen-bond donors (Lipinski definition) is 2. The van der Waals surface area contributed by atoms with Crippen molar-refractivity contribution in [1.29, 1.82) is 0 Å². The number of rotatable bonds is 7. The Morgan fingerprint density at radius 3 is 1.95 bits per heavy atom. The molecule has 0 radical (unpaired) electrons. The van der Waals surface area contributed by atoms with Gasteiger partial charge in [-0.25, -0.2) is 4.68 Å². The molecule has 7 heteroatoms. The first kappa shape index (κ1) is 29.6. The van der Waals surface area contributed by atoms with Crippen LogP contribution in [0.3, 0.4) is 0 Å². The van der Waals surface area contributed by atoms with Crippen LogP contribution in [0.5, 0.6) is 5.75 Å². The van der Waals surface area contributed by atoms with Crippen molar-refractivity contribution in [3.63, 3.8) is 0 Å². The van der Waals surface area contributed by atoms with E-state index in [1.165, 1.54) is 0 Å². The normalized spacial score (nSPS) is 10.5. The molecule has 0 unspecified atom stereocenters. The van der Waals surface area contributed by atoms with Gasteiger partial charge in [0.05, 0.1) is 24.2 Å². The molecule has 2 amide bonds. The highest BCUT2D eigenvalue weighted by molar-refractivity contribution is 6.07. The van der Waals surface area contributed by atoms with Crippen LogP contribution in [0.25, 0.3) is 16.9 Å². The molecule has 0 bridgehead atoms. The fourth-order valence-corrected chi connectivity index (χ4v) is 4.10. The van der Waals surface area contributed by atoms with Gasteiger partial charge in [-0.05, 0) is 81.4 Å². The van der Waals surface area contributed by atoms with Gasteiger partial charge in [-0.1, -0.05) is 60.7 Å². The predicted octanol–water partition coefficient (Wildman–Crippen LogP) is 7.94. The first-order chi connectivity index (χ1) is 20.4. The van der Waals surface area contributed by atoms with Crippen LogP contribution in [-0.2, 0) is 0 Å². The molecule has 5 rings (SSSR count). The summed E-state index contributed by atoms with van der Waals surface area (Å²) < 4.78 is 6.96. The molecule has 0 aliphatic heterocycles. The smallest absolute Gasteiger partial charge is 0.255 e. The zero-order valence-electron chi connectivity index (χ0n) is 24.2. The van der Waals surface area contributed by atoms with Crippen LogP contribution in [-0.4, -0.2) is 28.7 Å². The van der Waals surface area contributed by atoms with E-state index in [1.54, 1.807) is 60.3 Å². The fraction of sp³-hybridized carbons (Fsp3) is 0.114. The lowest BCUT2D eigenvalue weighted by molar-refractivity contribution is 0.101. The molecule has 1 heterocycles. The summed E-state index contributed by atoms with van der Waals surface area (Å²) in [7, 11) is 1.58. The molecule has 4 aromatic carbocycles. The number of hydrogen-bond acceptors (Lipinski definition) is 4. The average molecular weight is 559 g/mol. The van der Waals surface area contributed by atoms with Gasteiger partial charge in [0.15, 0.2) is 0 Å². The standard InChI is InChI=1S/C31H26N4O3.C4H8/c1-21-19-27(22-9-5-3-6-10-22)34-35(21)29-18-15-25(32-30(36)24-13-16-26(38-2)17-14-24)20-28(29)33-31(37)23-11-7-4-8-12-23;1-3-4-2/h3-20H,1-2H3,(H,32,36)(H,33,37);3-4H,1-2H3/b;4-3-. The van der Waals surface area contributed by atoms with Crippen LogP contribution in [0.2, 0.25) is 0 Å². The third-order valence-corrected chi connectivity index (χ3v) is 6.41. The first-order valence-electron chi connectivity index (χ1n) is 13.6. The topological polar surface area (TPSA) is 85.2 Å². The fourth-order valence-electron chi connectivity index (χ4n) is 4.10. The van der Waals surface area contributed by atoms with Crippen molar-refractivity contribution >= 4 is 23.2 Å². The summed E-state index contributed by atoms with van der Waals surface area (Å²) in [6.45, 7) is 5.96. The van der Waals surface area contributed by atoms with Gasteiger partial charge in [0, 0.05) is 28.1 Å². The van der Waals surface area contributed by atoms with E-state index in [2.05, 4.69) is 10.6 Å². The quantitative estimate of drug-likeness (QED) is 0.199. The summed E-state index contributed by atoms with van der Waals surface area (Å²) in [6.07, 6.45) is 4.00. The molecule has 7 nitrogen and oxygen atoms in total. The van der Waals surface area contributed by atoms with Gasteiger partial charge in [-0.2, -0.15) is 5.10 Å². The Labute approximate surface area is 246 Å². The van der Waals surface area contributed by atoms with Crippen LogP contribution in [0.4, 0.5) is 11.4 Å². The lowest BCUT2D eigenvalue weighted by atomic mass is 10.1. The SMILES string of the molecule is C/C=C\C.COc1ccc(C(=O)Nc2ccc(-n3nc(-c4ccccc4)cc3C)c(NC(=O)c3ccccc3)c2)cc1. The van der Waals surface area contributed by atoms with Crippen molar-refractivity contribution < 1.29 is 14.3 Å². The molecule has 0 spiro atoms. The maximum absolute atomic E-state index is 13.1. The summed E-state index contributed by atoms with van der Waals surface area (Å²) in [6, 6.07) is 33.1. The Morgan fingerprint density at radius 1 is 0.738 bits per heavy atom. The number of carbonyl (C=O) groups is 2. The minimum absolute atomic E-state index is 0.265. The maximum Gasteiger partial charge on any atom is 0.255 e. The highest BCUT2D eigenvalue weighted by Gasteiger charge is 2.16. The summed E-state index contributed by atoms with van der Waals surface area (Å²) in [5.41, 5.74) is 5.44. The lowest BCUT2D eigenvalue weighted by Gasteiger charge is -2.15. The number of allylic oxidation sites excluding steroid dienone is 2. The third kappa shape index (κ3) is 7.40. The molecular weight excluding hydrogens is 524 g/mol. The van der Waals surface area contributed by atoms with E-state index in [0.717, 1.165) is 17.0 Å². The number of methoxy groups -OCH3 is 1. The Morgan fingerprint density at radius 2 is 1.33 bits per heavy atom. The van der Waals surface area contributed by atoms with Gasteiger partial charge in [0.25, 0.3) is 11.8 Å². The second-order valence-electron chi connectivity index (χ2n) is 9.35. The molecular formula is C35H34N4O3. The number of aromatic nitrogens is 2. The molecule has 212 valence electrons. The van der Waals surface area contributed by atoms with E-state index >= 15 is 0 Å². The molecule has 0 saturated carbocycles.